The number of carbonyl (C=O) groups excluding carboxylic acids is 1. The Morgan fingerprint density at radius 3 is 2.55 bits per heavy atom. The van der Waals surface area contributed by atoms with Crippen LogP contribution >= 0.6 is 0 Å². The van der Waals surface area contributed by atoms with Gasteiger partial charge in [0.1, 0.15) is 0 Å². The van der Waals surface area contributed by atoms with Gasteiger partial charge in [-0.05, 0) is 67.0 Å². The molecule has 5 rings (SSSR count). The summed E-state index contributed by atoms with van der Waals surface area (Å²) in [5, 5.41) is 11.5. The van der Waals surface area contributed by atoms with E-state index in [1.165, 1.54) is 5.56 Å². The molecule has 2 aliphatic rings. The van der Waals surface area contributed by atoms with Crippen LogP contribution in [0.5, 0.6) is 0 Å². The van der Waals surface area contributed by atoms with Crippen molar-refractivity contribution in [3.8, 4) is 0 Å². The molecule has 3 heterocycles. The first kappa shape index (κ1) is 21.6. The Labute approximate surface area is 194 Å². The molecule has 0 spiro atoms. The molecule has 2 aliphatic heterocycles. The highest BCUT2D eigenvalue weighted by atomic mass is 16.1. The zero-order valence-electron chi connectivity index (χ0n) is 18.7. The van der Waals surface area contributed by atoms with Gasteiger partial charge in [-0.3, -0.25) is 15.6 Å². The van der Waals surface area contributed by atoms with E-state index < -0.39 is 0 Å². The van der Waals surface area contributed by atoms with Crippen molar-refractivity contribution in [1.29, 1.82) is 0 Å². The molecule has 1 amide bonds. The van der Waals surface area contributed by atoms with Gasteiger partial charge in [0.25, 0.3) is 5.91 Å². The van der Waals surface area contributed by atoms with E-state index >= 15 is 0 Å². The normalized spacial score (nSPS) is 18.9. The number of anilines is 2. The second-order valence-electron chi connectivity index (χ2n) is 8.89. The summed E-state index contributed by atoms with van der Waals surface area (Å²) in [4.78, 5) is 15.0. The van der Waals surface area contributed by atoms with Crippen LogP contribution in [-0.4, -0.2) is 35.7 Å². The number of nitrogens with one attached hydrogen (secondary N) is 3. The van der Waals surface area contributed by atoms with E-state index in [4.69, 9.17) is 0 Å². The number of rotatable bonds is 6. The van der Waals surface area contributed by atoms with E-state index in [0.29, 0.717) is 11.6 Å². The van der Waals surface area contributed by atoms with E-state index in [2.05, 4.69) is 67.7 Å². The summed E-state index contributed by atoms with van der Waals surface area (Å²) in [7, 11) is 0. The Bertz CT molecular complexity index is 1060. The molecule has 1 aromatic heterocycles. The molecule has 1 atom stereocenters. The predicted molar refractivity (Wildman–Crippen MR) is 130 cm³/mol. The van der Waals surface area contributed by atoms with Gasteiger partial charge in [0.05, 0.1) is 0 Å². The van der Waals surface area contributed by atoms with Crippen molar-refractivity contribution in [3.05, 3.63) is 83.6 Å². The molecular formula is C26H30N6O. The first-order valence-corrected chi connectivity index (χ1v) is 11.8. The van der Waals surface area contributed by atoms with Crippen LogP contribution in [0.3, 0.4) is 0 Å². The number of piperidine rings is 1. The number of benzene rings is 2. The third-order valence-electron chi connectivity index (χ3n) is 6.57. The number of hydrogen-bond acceptors (Lipinski definition) is 6. The zero-order valence-corrected chi connectivity index (χ0v) is 18.7. The maximum atomic E-state index is 12.7. The molecule has 3 aromatic rings. The van der Waals surface area contributed by atoms with Gasteiger partial charge in [0, 0.05) is 31.4 Å². The third-order valence-corrected chi connectivity index (χ3v) is 6.57. The Hall–Kier alpha value is -3.29. The highest BCUT2D eigenvalue weighted by molar-refractivity contribution is 6.02. The van der Waals surface area contributed by atoms with Crippen molar-refractivity contribution in [2.75, 3.05) is 29.9 Å². The molecule has 1 unspecified atom stereocenters. The van der Waals surface area contributed by atoms with Gasteiger partial charge in [0.15, 0.2) is 11.5 Å². The standard InChI is InChI=1S/C26H30N6O/c33-26(28-22-8-4-7-21(18-22)23-11-14-27-29-23)24-9-10-25(31-30-24)32-15-12-20(13-16-32)17-19-5-2-1-3-6-19/h1-10,18,20,23,27,29H,11-17H2,(H,28,33). The predicted octanol–water partition coefficient (Wildman–Crippen LogP) is 3.73. The van der Waals surface area contributed by atoms with Crippen LogP contribution in [0.1, 0.15) is 46.9 Å². The molecular weight excluding hydrogens is 412 g/mol. The van der Waals surface area contributed by atoms with Crippen molar-refractivity contribution >= 4 is 17.4 Å². The average Bonchev–Trinajstić information content (AvgIpc) is 3.41. The highest BCUT2D eigenvalue weighted by Crippen LogP contribution is 2.25. The molecule has 33 heavy (non-hydrogen) atoms. The van der Waals surface area contributed by atoms with E-state index in [9.17, 15) is 4.79 Å². The van der Waals surface area contributed by atoms with Gasteiger partial charge >= 0.3 is 0 Å². The van der Waals surface area contributed by atoms with E-state index in [-0.39, 0.29) is 11.9 Å². The fraction of sp³-hybridized carbons (Fsp3) is 0.346. The third kappa shape index (κ3) is 5.38. The van der Waals surface area contributed by atoms with Gasteiger partial charge in [-0.1, -0.05) is 42.5 Å². The average molecular weight is 443 g/mol. The maximum absolute atomic E-state index is 12.7. The SMILES string of the molecule is O=C(Nc1cccc(C2CCNN2)c1)c1ccc(N2CCC(Cc3ccccc3)CC2)nn1. The minimum atomic E-state index is -0.245. The summed E-state index contributed by atoms with van der Waals surface area (Å²) in [5.41, 5.74) is 10.0. The van der Waals surface area contributed by atoms with Crippen LogP contribution in [0.25, 0.3) is 0 Å². The molecule has 2 saturated heterocycles. The van der Waals surface area contributed by atoms with Gasteiger partial charge in [-0.15, -0.1) is 10.2 Å². The molecule has 7 nitrogen and oxygen atoms in total. The lowest BCUT2D eigenvalue weighted by molar-refractivity contribution is 0.102. The first-order chi connectivity index (χ1) is 16.2. The second kappa shape index (κ2) is 10.1. The Morgan fingerprint density at radius 1 is 0.970 bits per heavy atom. The van der Waals surface area contributed by atoms with Crippen LogP contribution in [0.15, 0.2) is 66.7 Å². The van der Waals surface area contributed by atoms with E-state index in [1.807, 2.05) is 24.3 Å². The lowest BCUT2D eigenvalue weighted by Gasteiger charge is -2.32. The number of hydrazine groups is 1. The van der Waals surface area contributed by atoms with Crippen molar-refractivity contribution < 1.29 is 4.79 Å². The van der Waals surface area contributed by atoms with Gasteiger partial charge in [0.2, 0.25) is 0 Å². The van der Waals surface area contributed by atoms with Crippen LogP contribution in [0, 0.1) is 5.92 Å². The number of nitrogens with zero attached hydrogens (tertiary/aromatic N) is 3. The zero-order chi connectivity index (χ0) is 22.5. The molecule has 2 aromatic carbocycles. The summed E-state index contributed by atoms with van der Waals surface area (Å²) in [6, 6.07) is 22.6. The van der Waals surface area contributed by atoms with E-state index in [1.54, 1.807) is 6.07 Å². The maximum Gasteiger partial charge on any atom is 0.276 e. The minimum absolute atomic E-state index is 0.245. The molecule has 170 valence electrons. The second-order valence-corrected chi connectivity index (χ2v) is 8.89. The van der Waals surface area contributed by atoms with Crippen LogP contribution in [-0.2, 0) is 6.42 Å². The quantitative estimate of drug-likeness (QED) is 0.540. The van der Waals surface area contributed by atoms with Crippen LogP contribution in [0.2, 0.25) is 0 Å². The summed E-state index contributed by atoms with van der Waals surface area (Å²) in [6.07, 6.45) is 4.43. The van der Waals surface area contributed by atoms with Crippen molar-refractivity contribution in [2.24, 2.45) is 5.92 Å². The van der Waals surface area contributed by atoms with Crippen LogP contribution < -0.4 is 21.1 Å². The summed E-state index contributed by atoms with van der Waals surface area (Å²) in [6.45, 7) is 2.87. The Balaban J connectivity index is 1.15. The molecule has 7 heteroatoms. The number of amides is 1. The van der Waals surface area contributed by atoms with Crippen LogP contribution in [0.4, 0.5) is 11.5 Å². The fourth-order valence-electron chi connectivity index (χ4n) is 4.69. The van der Waals surface area contributed by atoms with Crippen molar-refractivity contribution in [2.45, 2.75) is 31.7 Å². The van der Waals surface area contributed by atoms with Crippen molar-refractivity contribution in [1.82, 2.24) is 21.0 Å². The monoisotopic (exact) mass is 442 g/mol. The molecule has 3 N–H and O–H groups in total. The topological polar surface area (TPSA) is 82.2 Å². The lowest BCUT2D eigenvalue weighted by atomic mass is 9.90. The summed E-state index contributed by atoms with van der Waals surface area (Å²) >= 11 is 0. The number of hydrogen-bond donors (Lipinski definition) is 3. The summed E-state index contributed by atoms with van der Waals surface area (Å²) in [5.74, 6) is 1.30. The van der Waals surface area contributed by atoms with E-state index in [0.717, 1.165) is 62.4 Å². The molecule has 2 fully saturated rings. The minimum Gasteiger partial charge on any atom is -0.355 e. The van der Waals surface area contributed by atoms with Gasteiger partial charge in [-0.25, -0.2) is 0 Å². The van der Waals surface area contributed by atoms with Gasteiger partial charge < -0.3 is 10.2 Å². The van der Waals surface area contributed by atoms with Gasteiger partial charge in [-0.2, -0.15) is 0 Å². The fourth-order valence-corrected chi connectivity index (χ4v) is 4.69. The Morgan fingerprint density at radius 2 is 1.82 bits per heavy atom. The lowest BCUT2D eigenvalue weighted by Crippen LogP contribution is -2.35. The number of aromatic nitrogens is 2. The molecule has 0 bridgehead atoms. The summed E-state index contributed by atoms with van der Waals surface area (Å²) < 4.78 is 0. The molecule has 0 saturated carbocycles. The Kier molecular flexibility index (Phi) is 6.60. The van der Waals surface area contributed by atoms with Crippen molar-refractivity contribution in [3.63, 3.8) is 0 Å². The smallest absolute Gasteiger partial charge is 0.276 e. The molecule has 0 aliphatic carbocycles. The molecule has 0 radical (unpaired) electrons. The first-order valence-electron chi connectivity index (χ1n) is 11.8. The largest absolute Gasteiger partial charge is 0.355 e. The highest BCUT2D eigenvalue weighted by Gasteiger charge is 2.21. The number of carbonyl (C=O) groups is 1.